The van der Waals surface area contributed by atoms with Crippen LogP contribution >= 0.6 is 0 Å². The summed E-state index contributed by atoms with van der Waals surface area (Å²) in [6, 6.07) is 5.07. The number of ether oxygens (including phenoxy) is 2. The van der Waals surface area contributed by atoms with Crippen molar-refractivity contribution in [2.75, 3.05) is 13.2 Å². The van der Waals surface area contributed by atoms with Crippen LogP contribution in [0.1, 0.15) is 12.0 Å². The van der Waals surface area contributed by atoms with E-state index in [2.05, 4.69) is 9.47 Å². The van der Waals surface area contributed by atoms with Crippen molar-refractivity contribution >= 4 is 0 Å². The van der Waals surface area contributed by atoms with Crippen molar-refractivity contribution in [3.8, 4) is 5.75 Å². The van der Waals surface area contributed by atoms with E-state index in [0.717, 1.165) is 12.1 Å². The van der Waals surface area contributed by atoms with Gasteiger partial charge in [0, 0.05) is 6.61 Å². The molecule has 0 spiro atoms. The average Bonchev–Trinajstić information content (AvgIpc) is 2.35. The molecule has 120 valence electrons. The molecule has 0 heterocycles. The van der Waals surface area contributed by atoms with E-state index in [1.807, 2.05) is 0 Å². The Balaban J connectivity index is 2.34. The van der Waals surface area contributed by atoms with Crippen LogP contribution in [0.5, 0.6) is 5.75 Å². The molecule has 0 saturated heterocycles. The Morgan fingerprint density at radius 3 is 2.24 bits per heavy atom. The quantitative estimate of drug-likeness (QED) is 0.592. The van der Waals surface area contributed by atoms with Crippen molar-refractivity contribution in [2.24, 2.45) is 0 Å². The van der Waals surface area contributed by atoms with E-state index in [1.54, 1.807) is 0 Å². The summed E-state index contributed by atoms with van der Waals surface area (Å²) in [5.41, 5.74) is 0.603. The molecule has 8 heteroatoms. The molecule has 1 aromatic carbocycles. The Hall–Kier alpha value is -1.41. The third-order valence-corrected chi connectivity index (χ3v) is 2.47. The molecular weight excluding hydrogens is 299 g/mol. The molecule has 0 aliphatic carbocycles. The molecular formula is C13H15F5O3. The first-order valence-corrected chi connectivity index (χ1v) is 6.15. The van der Waals surface area contributed by atoms with Crippen LogP contribution in [0.15, 0.2) is 24.3 Å². The summed E-state index contributed by atoms with van der Waals surface area (Å²) < 4.78 is 67.8. The summed E-state index contributed by atoms with van der Waals surface area (Å²) in [7, 11) is 0. The maximum absolute atomic E-state index is 12.0. The standard InChI is InChI=1S/C13H15F5O3/c14-12(15)8-20-6-5-10(19)7-9-1-3-11(4-2-9)21-13(16,17)18/h1-4,10,12,19H,5-8H2. The number of rotatable bonds is 8. The molecule has 0 amide bonds. The SMILES string of the molecule is OC(CCOCC(F)F)Cc1ccc(OC(F)(F)F)cc1. The molecule has 1 rings (SSSR count). The van der Waals surface area contributed by atoms with E-state index in [1.165, 1.54) is 12.1 Å². The number of hydrogen-bond donors (Lipinski definition) is 1. The summed E-state index contributed by atoms with van der Waals surface area (Å²) in [5.74, 6) is -0.346. The van der Waals surface area contributed by atoms with Crippen LogP contribution in [-0.2, 0) is 11.2 Å². The molecule has 3 nitrogen and oxygen atoms in total. The Morgan fingerprint density at radius 2 is 1.71 bits per heavy atom. The van der Waals surface area contributed by atoms with Crippen LogP contribution in [-0.4, -0.2) is 37.2 Å². The second kappa shape index (κ2) is 8.14. The molecule has 21 heavy (non-hydrogen) atoms. The second-order valence-electron chi connectivity index (χ2n) is 4.30. The molecule has 0 aliphatic heterocycles. The van der Waals surface area contributed by atoms with Gasteiger partial charge in [0.15, 0.2) is 0 Å². The molecule has 1 aromatic rings. The van der Waals surface area contributed by atoms with Crippen LogP contribution in [0.2, 0.25) is 0 Å². The van der Waals surface area contributed by atoms with Crippen LogP contribution in [0.3, 0.4) is 0 Å². The van der Waals surface area contributed by atoms with Crippen LogP contribution in [0.4, 0.5) is 22.0 Å². The van der Waals surface area contributed by atoms with Crippen molar-refractivity contribution in [3.63, 3.8) is 0 Å². The number of halogens is 5. The molecule has 0 bridgehead atoms. The van der Waals surface area contributed by atoms with Gasteiger partial charge in [-0.2, -0.15) is 0 Å². The number of alkyl halides is 5. The molecule has 0 aromatic heterocycles. The van der Waals surface area contributed by atoms with E-state index < -0.39 is 25.5 Å². The van der Waals surface area contributed by atoms with Crippen molar-refractivity contribution < 1.29 is 36.5 Å². The zero-order valence-electron chi connectivity index (χ0n) is 10.9. The van der Waals surface area contributed by atoms with E-state index in [-0.39, 0.29) is 25.2 Å². The van der Waals surface area contributed by atoms with Gasteiger partial charge in [0.05, 0.1) is 6.10 Å². The smallest absolute Gasteiger partial charge is 0.406 e. The van der Waals surface area contributed by atoms with Crippen molar-refractivity contribution in [1.82, 2.24) is 0 Å². The van der Waals surface area contributed by atoms with Gasteiger partial charge in [0.1, 0.15) is 12.4 Å². The third kappa shape index (κ3) is 8.46. The first-order valence-electron chi connectivity index (χ1n) is 6.15. The molecule has 1 unspecified atom stereocenters. The highest BCUT2D eigenvalue weighted by Gasteiger charge is 2.30. The minimum Gasteiger partial charge on any atom is -0.406 e. The van der Waals surface area contributed by atoms with Crippen LogP contribution < -0.4 is 4.74 Å². The summed E-state index contributed by atoms with van der Waals surface area (Å²) in [6.07, 6.45) is -7.78. The number of aliphatic hydroxyl groups excluding tert-OH is 1. The topological polar surface area (TPSA) is 38.7 Å². The van der Waals surface area contributed by atoms with Gasteiger partial charge in [-0.25, -0.2) is 8.78 Å². The number of hydrogen-bond acceptors (Lipinski definition) is 3. The normalized spacial score (nSPS) is 13.5. The van der Waals surface area contributed by atoms with Gasteiger partial charge in [-0.05, 0) is 30.5 Å². The van der Waals surface area contributed by atoms with Gasteiger partial charge >= 0.3 is 6.36 Å². The van der Waals surface area contributed by atoms with E-state index >= 15 is 0 Å². The van der Waals surface area contributed by atoms with Gasteiger partial charge in [-0.3, -0.25) is 0 Å². The lowest BCUT2D eigenvalue weighted by Crippen LogP contribution is -2.17. The number of benzene rings is 1. The molecule has 0 saturated carbocycles. The van der Waals surface area contributed by atoms with Crippen LogP contribution in [0.25, 0.3) is 0 Å². The van der Waals surface area contributed by atoms with E-state index in [9.17, 15) is 27.1 Å². The average molecular weight is 314 g/mol. The van der Waals surface area contributed by atoms with E-state index in [4.69, 9.17) is 0 Å². The largest absolute Gasteiger partial charge is 0.573 e. The minimum absolute atomic E-state index is 0.0131. The summed E-state index contributed by atoms with van der Waals surface area (Å²) in [6.45, 7) is -0.697. The van der Waals surface area contributed by atoms with Crippen LogP contribution in [0, 0.1) is 0 Å². The molecule has 0 aliphatic rings. The van der Waals surface area contributed by atoms with Gasteiger partial charge in [-0.15, -0.1) is 13.2 Å². The Labute approximate surface area is 118 Å². The van der Waals surface area contributed by atoms with Crippen molar-refractivity contribution in [3.05, 3.63) is 29.8 Å². The van der Waals surface area contributed by atoms with Gasteiger partial charge in [0.25, 0.3) is 6.43 Å². The Kier molecular flexibility index (Phi) is 6.83. The van der Waals surface area contributed by atoms with Gasteiger partial charge in [0.2, 0.25) is 0 Å². The second-order valence-corrected chi connectivity index (χ2v) is 4.30. The first-order chi connectivity index (χ1) is 9.76. The van der Waals surface area contributed by atoms with Crippen molar-refractivity contribution in [1.29, 1.82) is 0 Å². The maximum atomic E-state index is 12.0. The monoisotopic (exact) mass is 314 g/mol. The highest BCUT2D eigenvalue weighted by atomic mass is 19.4. The predicted octanol–water partition coefficient (Wildman–Crippen LogP) is 3.16. The minimum atomic E-state index is -4.75. The zero-order valence-corrected chi connectivity index (χ0v) is 10.9. The lowest BCUT2D eigenvalue weighted by molar-refractivity contribution is -0.274. The first kappa shape index (κ1) is 17.6. The third-order valence-electron chi connectivity index (χ3n) is 2.47. The number of aliphatic hydroxyl groups is 1. The molecule has 1 N–H and O–H groups in total. The molecule has 0 radical (unpaired) electrons. The fraction of sp³-hybridized carbons (Fsp3) is 0.538. The predicted molar refractivity (Wildman–Crippen MR) is 64.3 cm³/mol. The van der Waals surface area contributed by atoms with E-state index in [0.29, 0.717) is 5.56 Å². The summed E-state index contributed by atoms with van der Waals surface area (Å²) in [4.78, 5) is 0. The highest BCUT2D eigenvalue weighted by molar-refractivity contribution is 5.27. The fourth-order valence-corrected chi connectivity index (χ4v) is 1.59. The molecule has 0 fully saturated rings. The summed E-state index contributed by atoms with van der Waals surface area (Å²) >= 11 is 0. The zero-order chi connectivity index (χ0) is 15.9. The fourth-order valence-electron chi connectivity index (χ4n) is 1.59. The van der Waals surface area contributed by atoms with Crippen molar-refractivity contribution in [2.45, 2.75) is 31.7 Å². The highest BCUT2D eigenvalue weighted by Crippen LogP contribution is 2.23. The summed E-state index contributed by atoms with van der Waals surface area (Å²) in [5, 5.41) is 9.64. The van der Waals surface area contributed by atoms with Gasteiger partial charge in [-0.1, -0.05) is 12.1 Å². The lowest BCUT2D eigenvalue weighted by atomic mass is 10.1. The lowest BCUT2D eigenvalue weighted by Gasteiger charge is -2.12. The Morgan fingerprint density at radius 1 is 1.10 bits per heavy atom. The van der Waals surface area contributed by atoms with Gasteiger partial charge < -0.3 is 14.6 Å². The Bertz CT molecular complexity index is 405. The maximum Gasteiger partial charge on any atom is 0.573 e. The molecule has 1 atom stereocenters.